The summed E-state index contributed by atoms with van der Waals surface area (Å²) in [5.74, 6) is 1.20. The highest BCUT2D eigenvalue weighted by molar-refractivity contribution is 5.17. The molecule has 0 spiro atoms. The first-order valence-electron chi connectivity index (χ1n) is 7.06. The SMILES string of the molecule is FC(F)(F)c1ccc(CN[C@@H](c2ncccn2)C2CC2)nc1. The number of halogens is 3. The van der Waals surface area contributed by atoms with Crippen molar-refractivity contribution in [3.05, 3.63) is 53.9 Å². The molecule has 22 heavy (non-hydrogen) atoms. The molecule has 2 aromatic rings. The van der Waals surface area contributed by atoms with Crippen molar-refractivity contribution in [3.8, 4) is 0 Å². The molecular weight excluding hydrogens is 293 g/mol. The summed E-state index contributed by atoms with van der Waals surface area (Å²) < 4.78 is 37.5. The van der Waals surface area contributed by atoms with E-state index in [0.29, 0.717) is 18.2 Å². The van der Waals surface area contributed by atoms with Crippen LogP contribution in [0.15, 0.2) is 36.8 Å². The molecule has 1 fully saturated rings. The second kappa shape index (κ2) is 6.00. The first-order valence-corrected chi connectivity index (χ1v) is 7.06. The average molecular weight is 308 g/mol. The van der Waals surface area contributed by atoms with E-state index in [-0.39, 0.29) is 6.04 Å². The third kappa shape index (κ3) is 3.59. The van der Waals surface area contributed by atoms with Gasteiger partial charge in [-0.25, -0.2) is 9.97 Å². The predicted molar refractivity (Wildman–Crippen MR) is 73.6 cm³/mol. The lowest BCUT2D eigenvalue weighted by atomic mass is 10.1. The summed E-state index contributed by atoms with van der Waals surface area (Å²) in [5, 5.41) is 3.30. The van der Waals surface area contributed by atoms with Gasteiger partial charge in [0.25, 0.3) is 0 Å². The Morgan fingerprint density at radius 3 is 2.41 bits per heavy atom. The maximum atomic E-state index is 12.5. The quantitative estimate of drug-likeness (QED) is 0.922. The largest absolute Gasteiger partial charge is 0.417 e. The highest BCUT2D eigenvalue weighted by Crippen LogP contribution is 2.39. The first-order chi connectivity index (χ1) is 10.5. The molecule has 3 rings (SSSR count). The van der Waals surface area contributed by atoms with Crippen LogP contribution in [0.3, 0.4) is 0 Å². The molecule has 2 heterocycles. The Balaban J connectivity index is 1.65. The molecule has 0 amide bonds. The normalized spacial score (nSPS) is 16.5. The van der Waals surface area contributed by atoms with Crippen molar-refractivity contribution in [1.29, 1.82) is 0 Å². The van der Waals surface area contributed by atoms with Crippen molar-refractivity contribution < 1.29 is 13.2 Å². The van der Waals surface area contributed by atoms with Crippen LogP contribution in [0.1, 0.15) is 36.0 Å². The van der Waals surface area contributed by atoms with Crippen LogP contribution in [-0.2, 0) is 12.7 Å². The van der Waals surface area contributed by atoms with Gasteiger partial charge in [-0.2, -0.15) is 13.2 Å². The van der Waals surface area contributed by atoms with E-state index in [9.17, 15) is 13.2 Å². The van der Waals surface area contributed by atoms with Crippen LogP contribution in [0.25, 0.3) is 0 Å². The van der Waals surface area contributed by atoms with E-state index in [1.807, 2.05) is 0 Å². The molecule has 0 radical (unpaired) electrons. The van der Waals surface area contributed by atoms with Gasteiger partial charge in [-0.1, -0.05) is 0 Å². The minimum Gasteiger partial charge on any atom is -0.301 e. The van der Waals surface area contributed by atoms with E-state index in [1.165, 1.54) is 6.07 Å². The van der Waals surface area contributed by atoms with Crippen LogP contribution in [0.4, 0.5) is 13.2 Å². The summed E-state index contributed by atoms with van der Waals surface area (Å²) >= 11 is 0. The summed E-state index contributed by atoms with van der Waals surface area (Å²) in [7, 11) is 0. The maximum absolute atomic E-state index is 12.5. The van der Waals surface area contributed by atoms with Gasteiger partial charge in [0.15, 0.2) is 0 Å². The Morgan fingerprint density at radius 2 is 1.86 bits per heavy atom. The number of nitrogens with zero attached hydrogens (tertiary/aromatic N) is 3. The Kier molecular flexibility index (Phi) is 4.06. The molecule has 1 saturated carbocycles. The Hall–Kier alpha value is -2.02. The zero-order valence-corrected chi connectivity index (χ0v) is 11.7. The van der Waals surface area contributed by atoms with Crippen LogP contribution >= 0.6 is 0 Å². The lowest BCUT2D eigenvalue weighted by Gasteiger charge is -2.16. The van der Waals surface area contributed by atoms with Gasteiger partial charge in [-0.05, 0) is 37.0 Å². The molecule has 1 aliphatic rings. The summed E-state index contributed by atoms with van der Waals surface area (Å²) in [5.41, 5.74) is -0.170. The molecule has 7 heteroatoms. The van der Waals surface area contributed by atoms with Crippen molar-refractivity contribution in [2.75, 3.05) is 0 Å². The second-order valence-electron chi connectivity index (χ2n) is 5.34. The number of nitrogens with one attached hydrogen (secondary N) is 1. The Bertz CT molecular complexity index is 609. The molecule has 0 aromatic carbocycles. The summed E-state index contributed by atoms with van der Waals surface area (Å²) in [6, 6.07) is 4.22. The topological polar surface area (TPSA) is 50.7 Å². The van der Waals surface area contributed by atoms with Crippen molar-refractivity contribution in [1.82, 2.24) is 20.3 Å². The van der Waals surface area contributed by atoms with Gasteiger partial charge < -0.3 is 5.32 Å². The summed E-state index contributed by atoms with van der Waals surface area (Å²) in [6.07, 6.45) is 2.10. The molecule has 0 saturated heterocycles. The van der Waals surface area contributed by atoms with E-state index in [1.54, 1.807) is 18.5 Å². The first kappa shape index (κ1) is 14.9. The zero-order chi connectivity index (χ0) is 15.6. The average Bonchev–Trinajstić information content (AvgIpc) is 3.33. The van der Waals surface area contributed by atoms with Gasteiger partial charge in [0.2, 0.25) is 0 Å². The molecule has 0 bridgehead atoms. The molecule has 116 valence electrons. The maximum Gasteiger partial charge on any atom is 0.417 e. The molecule has 4 nitrogen and oxygen atoms in total. The van der Waals surface area contributed by atoms with E-state index in [4.69, 9.17) is 0 Å². The fourth-order valence-electron chi connectivity index (χ4n) is 2.28. The van der Waals surface area contributed by atoms with Crippen LogP contribution < -0.4 is 5.32 Å². The van der Waals surface area contributed by atoms with Gasteiger partial charge in [0.05, 0.1) is 17.3 Å². The van der Waals surface area contributed by atoms with Crippen LogP contribution in [0.2, 0.25) is 0 Å². The lowest BCUT2D eigenvalue weighted by Crippen LogP contribution is -2.25. The molecule has 2 aromatic heterocycles. The Labute approximate surface area is 125 Å². The molecule has 0 aliphatic heterocycles. The third-order valence-electron chi connectivity index (χ3n) is 3.61. The fraction of sp³-hybridized carbons (Fsp3) is 0.400. The number of pyridine rings is 1. The smallest absolute Gasteiger partial charge is 0.301 e. The fourth-order valence-corrected chi connectivity index (χ4v) is 2.28. The minimum absolute atomic E-state index is 0.0188. The molecule has 1 atom stereocenters. The number of hydrogen-bond donors (Lipinski definition) is 1. The zero-order valence-electron chi connectivity index (χ0n) is 11.7. The van der Waals surface area contributed by atoms with Gasteiger partial charge in [-0.3, -0.25) is 4.98 Å². The summed E-state index contributed by atoms with van der Waals surface area (Å²) in [4.78, 5) is 12.4. The number of aromatic nitrogens is 3. The highest BCUT2D eigenvalue weighted by atomic mass is 19.4. The van der Waals surface area contributed by atoms with E-state index >= 15 is 0 Å². The number of hydrogen-bond acceptors (Lipinski definition) is 4. The van der Waals surface area contributed by atoms with Gasteiger partial charge in [0.1, 0.15) is 5.82 Å². The van der Waals surface area contributed by atoms with Gasteiger partial charge in [0, 0.05) is 25.1 Å². The van der Waals surface area contributed by atoms with Crippen LogP contribution in [-0.4, -0.2) is 15.0 Å². The van der Waals surface area contributed by atoms with Crippen LogP contribution in [0.5, 0.6) is 0 Å². The van der Waals surface area contributed by atoms with E-state index in [2.05, 4.69) is 20.3 Å². The molecule has 1 N–H and O–H groups in total. The second-order valence-corrected chi connectivity index (χ2v) is 5.34. The lowest BCUT2D eigenvalue weighted by molar-refractivity contribution is -0.137. The number of alkyl halides is 3. The standard InChI is InChI=1S/C15H15F3N4/c16-15(17,18)11-4-5-12(21-8-11)9-22-13(10-2-3-10)14-19-6-1-7-20-14/h1,4-8,10,13,22H,2-3,9H2/t13-/m1/s1. The van der Waals surface area contributed by atoms with Crippen molar-refractivity contribution in [2.45, 2.75) is 31.6 Å². The molecule has 1 aliphatic carbocycles. The third-order valence-corrected chi connectivity index (χ3v) is 3.61. The van der Waals surface area contributed by atoms with E-state index in [0.717, 1.165) is 30.9 Å². The van der Waals surface area contributed by atoms with Crippen molar-refractivity contribution in [2.24, 2.45) is 5.92 Å². The monoisotopic (exact) mass is 308 g/mol. The minimum atomic E-state index is -4.35. The predicted octanol–water partition coefficient (Wildman–Crippen LogP) is 3.13. The van der Waals surface area contributed by atoms with Gasteiger partial charge >= 0.3 is 6.18 Å². The van der Waals surface area contributed by atoms with Crippen LogP contribution in [0, 0.1) is 5.92 Å². The van der Waals surface area contributed by atoms with Gasteiger partial charge in [-0.15, -0.1) is 0 Å². The number of rotatable bonds is 5. The summed E-state index contributed by atoms with van der Waals surface area (Å²) in [6.45, 7) is 0.386. The van der Waals surface area contributed by atoms with E-state index < -0.39 is 11.7 Å². The highest BCUT2D eigenvalue weighted by Gasteiger charge is 2.34. The van der Waals surface area contributed by atoms with Crippen molar-refractivity contribution >= 4 is 0 Å². The Morgan fingerprint density at radius 1 is 1.14 bits per heavy atom. The van der Waals surface area contributed by atoms with Crippen molar-refractivity contribution in [3.63, 3.8) is 0 Å². The molecular formula is C15H15F3N4. The molecule has 0 unspecified atom stereocenters.